The summed E-state index contributed by atoms with van der Waals surface area (Å²) >= 11 is 0. The van der Waals surface area contributed by atoms with Crippen molar-refractivity contribution in [3.05, 3.63) is 29.4 Å². The molecule has 3 rings (SSSR count). The highest BCUT2D eigenvalue weighted by molar-refractivity contribution is 5.74. The minimum absolute atomic E-state index is 0.136. The molecule has 1 fully saturated rings. The zero-order chi connectivity index (χ0) is 13.4. The lowest BCUT2D eigenvalue weighted by atomic mass is 9.85. The number of oxazole rings is 1. The molecular weight excluding hydrogens is 243 g/mol. The quantitative estimate of drug-likeness (QED) is 0.912. The summed E-state index contributed by atoms with van der Waals surface area (Å²) in [5, 5.41) is 3.47. The third-order valence-corrected chi connectivity index (χ3v) is 4.01. The van der Waals surface area contributed by atoms with Crippen molar-refractivity contribution in [3.8, 4) is 0 Å². The molecule has 1 atom stereocenters. The Labute approximate surface area is 112 Å². The second-order valence-electron chi connectivity index (χ2n) is 5.51. The molecule has 1 aliphatic rings. The molecule has 0 radical (unpaired) electrons. The van der Waals surface area contributed by atoms with Gasteiger partial charge < -0.3 is 9.73 Å². The molecule has 1 saturated carbocycles. The van der Waals surface area contributed by atoms with E-state index >= 15 is 0 Å². The molecule has 0 aliphatic heterocycles. The average molecular weight is 262 g/mol. The van der Waals surface area contributed by atoms with Gasteiger partial charge in [0.2, 0.25) is 0 Å². The van der Waals surface area contributed by atoms with Gasteiger partial charge in [-0.1, -0.05) is 6.42 Å². The Kier molecular flexibility index (Phi) is 3.27. The first-order valence-corrected chi connectivity index (χ1v) is 6.93. The average Bonchev–Trinajstić information content (AvgIpc) is 2.68. The summed E-state index contributed by atoms with van der Waals surface area (Å²) in [4.78, 5) is 4.21. The first kappa shape index (κ1) is 12.6. The van der Waals surface area contributed by atoms with Crippen molar-refractivity contribution >= 4 is 11.1 Å². The highest BCUT2D eigenvalue weighted by Crippen LogP contribution is 2.27. The maximum Gasteiger partial charge on any atom is 0.192 e. The molecule has 1 heterocycles. The van der Waals surface area contributed by atoms with Gasteiger partial charge in [0.15, 0.2) is 17.3 Å². The Morgan fingerprint density at radius 3 is 2.95 bits per heavy atom. The van der Waals surface area contributed by atoms with Crippen molar-refractivity contribution in [1.29, 1.82) is 0 Å². The molecule has 0 bridgehead atoms. The number of benzene rings is 1. The zero-order valence-corrected chi connectivity index (χ0v) is 11.4. The Balaban J connectivity index is 1.78. The van der Waals surface area contributed by atoms with Crippen LogP contribution in [0.4, 0.5) is 4.39 Å². The van der Waals surface area contributed by atoms with E-state index < -0.39 is 0 Å². The summed E-state index contributed by atoms with van der Waals surface area (Å²) in [7, 11) is 0. The summed E-state index contributed by atoms with van der Waals surface area (Å²) < 4.78 is 19.2. The van der Waals surface area contributed by atoms with E-state index in [1.165, 1.54) is 19.3 Å². The van der Waals surface area contributed by atoms with E-state index in [1.54, 1.807) is 13.0 Å². The molecule has 3 nitrogen and oxygen atoms in total. The highest BCUT2D eigenvalue weighted by Gasteiger charge is 2.19. The Bertz CT molecular complexity index is 589. The van der Waals surface area contributed by atoms with Crippen LogP contribution in [-0.4, -0.2) is 11.5 Å². The van der Waals surface area contributed by atoms with Crippen LogP contribution in [0.2, 0.25) is 0 Å². The number of aryl methyl sites for hydroxylation is 1. The van der Waals surface area contributed by atoms with Crippen LogP contribution in [-0.2, 0) is 0 Å². The summed E-state index contributed by atoms with van der Waals surface area (Å²) in [5.74, 6) is 0.969. The molecule has 4 heteroatoms. The zero-order valence-electron chi connectivity index (χ0n) is 11.4. The van der Waals surface area contributed by atoms with Crippen LogP contribution < -0.4 is 5.32 Å². The van der Waals surface area contributed by atoms with Gasteiger partial charge in [-0.25, -0.2) is 9.37 Å². The van der Waals surface area contributed by atoms with Crippen LogP contribution in [0, 0.1) is 18.7 Å². The van der Waals surface area contributed by atoms with E-state index in [9.17, 15) is 4.39 Å². The highest BCUT2D eigenvalue weighted by atomic mass is 19.1. The number of halogens is 1. The van der Waals surface area contributed by atoms with E-state index in [0.717, 1.165) is 18.0 Å². The van der Waals surface area contributed by atoms with Crippen LogP contribution in [0.25, 0.3) is 11.1 Å². The van der Waals surface area contributed by atoms with Crippen LogP contribution in [0.3, 0.4) is 0 Å². The molecule has 0 amide bonds. The fraction of sp³-hybridized carbons (Fsp3) is 0.533. The fourth-order valence-corrected chi connectivity index (χ4v) is 2.53. The van der Waals surface area contributed by atoms with Gasteiger partial charge in [0.05, 0.1) is 0 Å². The van der Waals surface area contributed by atoms with Gasteiger partial charge in [-0.15, -0.1) is 0 Å². The first-order chi connectivity index (χ1) is 9.13. The maximum atomic E-state index is 13.9. The smallest absolute Gasteiger partial charge is 0.192 e. The van der Waals surface area contributed by atoms with Crippen molar-refractivity contribution in [1.82, 2.24) is 10.3 Å². The van der Waals surface area contributed by atoms with Gasteiger partial charge in [-0.2, -0.15) is 0 Å². The van der Waals surface area contributed by atoms with Gasteiger partial charge in [0.25, 0.3) is 0 Å². The number of hydrogen-bond acceptors (Lipinski definition) is 3. The number of nitrogens with one attached hydrogen (secondary N) is 1. The fourth-order valence-electron chi connectivity index (χ4n) is 2.53. The number of nitrogens with zero attached hydrogens (tertiary/aromatic N) is 1. The predicted molar refractivity (Wildman–Crippen MR) is 72.5 cm³/mol. The van der Waals surface area contributed by atoms with Crippen molar-refractivity contribution in [2.75, 3.05) is 6.54 Å². The van der Waals surface area contributed by atoms with Crippen LogP contribution in [0.5, 0.6) is 0 Å². The van der Waals surface area contributed by atoms with E-state index in [1.807, 2.05) is 6.07 Å². The van der Waals surface area contributed by atoms with E-state index in [4.69, 9.17) is 4.42 Å². The third kappa shape index (κ3) is 2.50. The second-order valence-corrected chi connectivity index (χ2v) is 5.51. The largest absolute Gasteiger partial charge is 0.438 e. The molecule has 0 spiro atoms. The molecule has 1 aromatic carbocycles. The molecule has 19 heavy (non-hydrogen) atoms. The molecule has 2 aromatic rings. The van der Waals surface area contributed by atoms with E-state index in [-0.39, 0.29) is 17.4 Å². The molecule has 1 N–H and O–H groups in total. The van der Waals surface area contributed by atoms with Gasteiger partial charge in [-0.05, 0) is 49.9 Å². The van der Waals surface area contributed by atoms with Gasteiger partial charge >= 0.3 is 0 Å². The monoisotopic (exact) mass is 262 g/mol. The SMILES string of the molecule is Cc1nc2cc([C@@H](C)NCC3CCC3)cc(F)c2o1. The standard InChI is InChI=1S/C15H19FN2O/c1-9(17-8-11-4-3-5-11)12-6-13(16)15-14(7-12)18-10(2)19-15/h6-7,9,11,17H,3-5,8H2,1-2H3/t9-/m1/s1. The topological polar surface area (TPSA) is 38.1 Å². The summed E-state index contributed by atoms with van der Waals surface area (Å²) in [6.45, 7) is 4.81. The number of hydrogen-bond donors (Lipinski definition) is 1. The van der Waals surface area contributed by atoms with Crippen LogP contribution in [0.15, 0.2) is 16.5 Å². The van der Waals surface area contributed by atoms with Gasteiger partial charge in [-0.3, -0.25) is 0 Å². The molecule has 1 aromatic heterocycles. The Morgan fingerprint density at radius 2 is 2.26 bits per heavy atom. The molecular formula is C15H19FN2O. The third-order valence-electron chi connectivity index (χ3n) is 4.01. The van der Waals surface area contributed by atoms with Crippen molar-refractivity contribution in [2.45, 2.75) is 39.2 Å². The van der Waals surface area contributed by atoms with E-state index in [2.05, 4.69) is 17.2 Å². The lowest BCUT2D eigenvalue weighted by molar-refractivity contribution is 0.292. The van der Waals surface area contributed by atoms with Gasteiger partial charge in [0.1, 0.15) is 5.52 Å². The first-order valence-electron chi connectivity index (χ1n) is 6.93. The van der Waals surface area contributed by atoms with Crippen molar-refractivity contribution < 1.29 is 8.81 Å². The number of rotatable bonds is 4. The van der Waals surface area contributed by atoms with E-state index in [0.29, 0.717) is 11.4 Å². The summed E-state index contributed by atoms with van der Waals surface area (Å²) in [6.07, 6.45) is 3.98. The molecule has 0 unspecified atom stereocenters. The number of aromatic nitrogens is 1. The lowest BCUT2D eigenvalue weighted by Gasteiger charge is -2.27. The summed E-state index contributed by atoms with van der Waals surface area (Å²) in [6, 6.07) is 3.59. The summed E-state index contributed by atoms with van der Waals surface area (Å²) in [5.41, 5.74) is 1.79. The minimum atomic E-state index is -0.328. The van der Waals surface area contributed by atoms with Crippen molar-refractivity contribution in [3.63, 3.8) is 0 Å². The van der Waals surface area contributed by atoms with Gasteiger partial charge in [0, 0.05) is 13.0 Å². The van der Waals surface area contributed by atoms with Crippen LogP contribution in [0.1, 0.15) is 43.7 Å². The minimum Gasteiger partial charge on any atom is -0.438 e. The normalized spacial score (nSPS) is 17.6. The second kappa shape index (κ2) is 4.93. The number of fused-ring (bicyclic) bond motifs is 1. The molecule has 1 aliphatic carbocycles. The molecule has 0 saturated heterocycles. The predicted octanol–water partition coefficient (Wildman–Crippen LogP) is 3.73. The van der Waals surface area contributed by atoms with Crippen molar-refractivity contribution in [2.24, 2.45) is 5.92 Å². The Morgan fingerprint density at radius 1 is 1.47 bits per heavy atom. The van der Waals surface area contributed by atoms with Crippen LogP contribution >= 0.6 is 0 Å². The molecule has 102 valence electrons. The Hall–Kier alpha value is -1.42. The maximum absolute atomic E-state index is 13.9. The lowest BCUT2D eigenvalue weighted by Crippen LogP contribution is -2.29.